The third kappa shape index (κ3) is 1.38. The van der Waals surface area contributed by atoms with E-state index in [1.807, 2.05) is 12.1 Å². The van der Waals surface area contributed by atoms with E-state index in [2.05, 4.69) is 0 Å². The van der Waals surface area contributed by atoms with E-state index < -0.39 is 0 Å². The van der Waals surface area contributed by atoms with E-state index >= 15 is 0 Å². The molecule has 0 bridgehead atoms. The molecule has 1 aromatic carbocycles. The van der Waals surface area contributed by atoms with Gasteiger partial charge in [0.25, 0.3) is 5.91 Å². The first kappa shape index (κ1) is 9.94. The van der Waals surface area contributed by atoms with E-state index in [0.717, 1.165) is 16.8 Å². The summed E-state index contributed by atoms with van der Waals surface area (Å²) in [6, 6.07) is 3.57. The Morgan fingerprint density at radius 1 is 1.19 bits per heavy atom. The summed E-state index contributed by atoms with van der Waals surface area (Å²) >= 11 is 12.1. The lowest BCUT2D eigenvalue weighted by molar-refractivity contribution is -0.123. The Labute approximate surface area is 103 Å². The fourth-order valence-corrected chi connectivity index (χ4v) is 2.56. The van der Waals surface area contributed by atoms with Crippen LogP contribution in [0.2, 0.25) is 10.0 Å². The number of allylic oxidation sites excluding steroid dienone is 1. The van der Waals surface area contributed by atoms with E-state index in [4.69, 9.17) is 23.2 Å². The maximum Gasteiger partial charge on any atom is 0.251 e. The Morgan fingerprint density at radius 3 is 2.81 bits per heavy atom. The number of hydrogen-bond acceptors (Lipinski definition) is 1. The predicted molar refractivity (Wildman–Crippen MR) is 64.1 cm³/mol. The topological polar surface area (TPSA) is 20.3 Å². The molecule has 0 atom stereocenters. The summed E-state index contributed by atoms with van der Waals surface area (Å²) in [5, 5.41) is 1.22. The molecule has 1 aromatic rings. The summed E-state index contributed by atoms with van der Waals surface area (Å²) in [6.07, 6.45) is 5.30. The van der Waals surface area contributed by atoms with Crippen molar-refractivity contribution in [1.29, 1.82) is 0 Å². The molecule has 0 aromatic heterocycles. The molecular formula is C12H7Cl2NO. The highest BCUT2D eigenvalue weighted by atomic mass is 35.5. The van der Waals surface area contributed by atoms with Gasteiger partial charge in [-0.05, 0) is 35.4 Å². The number of halogens is 2. The largest absolute Gasteiger partial charge is 0.304 e. The van der Waals surface area contributed by atoms with Crippen LogP contribution in [0.25, 0.3) is 6.08 Å². The van der Waals surface area contributed by atoms with Crippen LogP contribution in [0, 0.1) is 0 Å². The molecule has 2 aliphatic heterocycles. The van der Waals surface area contributed by atoms with Crippen LogP contribution in [0.3, 0.4) is 0 Å². The van der Waals surface area contributed by atoms with E-state index in [1.165, 1.54) is 0 Å². The molecule has 2 heterocycles. The number of benzene rings is 1. The second kappa shape index (κ2) is 3.37. The molecule has 3 rings (SSSR count). The number of rotatable bonds is 0. The standard InChI is InChI=1S/C12H7Cl2NO/c13-8-3-7-4-9-1-2-12(16)15(9)6-10(7)11(14)5-8/h1-5H,6H2. The lowest BCUT2D eigenvalue weighted by atomic mass is 10.0. The van der Waals surface area contributed by atoms with Gasteiger partial charge in [-0.1, -0.05) is 23.2 Å². The number of amides is 1. The molecule has 0 fully saturated rings. The first-order valence-corrected chi connectivity index (χ1v) is 5.60. The van der Waals surface area contributed by atoms with Crippen molar-refractivity contribution in [1.82, 2.24) is 4.90 Å². The minimum absolute atomic E-state index is 0.00270. The molecule has 0 spiro atoms. The molecule has 0 saturated carbocycles. The summed E-state index contributed by atoms with van der Waals surface area (Å²) in [6.45, 7) is 0.517. The van der Waals surface area contributed by atoms with Gasteiger partial charge in [-0.25, -0.2) is 0 Å². The van der Waals surface area contributed by atoms with Crippen LogP contribution in [-0.4, -0.2) is 10.8 Å². The van der Waals surface area contributed by atoms with Gasteiger partial charge in [0.05, 0.1) is 6.54 Å². The zero-order valence-electron chi connectivity index (χ0n) is 8.21. The fraction of sp³-hybridized carbons (Fsp3) is 0.0833. The summed E-state index contributed by atoms with van der Waals surface area (Å²) in [7, 11) is 0. The average molecular weight is 252 g/mol. The molecule has 0 N–H and O–H groups in total. The first-order valence-electron chi connectivity index (χ1n) is 4.84. The van der Waals surface area contributed by atoms with Crippen LogP contribution >= 0.6 is 23.2 Å². The molecule has 4 heteroatoms. The Morgan fingerprint density at radius 2 is 2.00 bits per heavy atom. The molecule has 0 saturated heterocycles. The van der Waals surface area contributed by atoms with E-state index in [-0.39, 0.29) is 5.91 Å². The van der Waals surface area contributed by atoms with Gasteiger partial charge in [-0.3, -0.25) is 4.79 Å². The molecule has 2 nitrogen and oxygen atoms in total. The molecule has 0 unspecified atom stereocenters. The minimum atomic E-state index is 0.00270. The van der Waals surface area contributed by atoms with Crippen molar-refractivity contribution in [2.24, 2.45) is 0 Å². The summed E-state index contributed by atoms with van der Waals surface area (Å²) < 4.78 is 0. The van der Waals surface area contributed by atoms with Gasteiger partial charge in [0.1, 0.15) is 0 Å². The first-order chi connectivity index (χ1) is 7.65. The third-order valence-corrected chi connectivity index (χ3v) is 3.34. The van der Waals surface area contributed by atoms with E-state index in [9.17, 15) is 4.79 Å². The molecule has 80 valence electrons. The maximum atomic E-state index is 11.5. The SMILES string of the molecule is O=C1C=CC2=Cc3cc(Cl)cc(Cl)c3CN12. The average Bonchev–Trinajstić information content (AvgIpc) is 2.57. The van der Waals surface area contributed by atoms with Gasteiger partial charge in [0.15, 0.2) is 0 Å². The fourth-order valence-electron chi connectivity index (χ4n) is 2.00. The summed E-state index contributed by atoms with van der Waals surface area (Å²) in [5.41, 5.74) is 2.84. The van der Waals surface area contributed by atoms with Gasteiger partial charge in [-0.2, -0.15) is 0 Å². The lowest BCUT2D eigenvalue weighted by Crippen LogP contribution is -2.26. The number of carbonyl (C=O) groups excluding carboxylic acids is 1. The Kier molecular flexibility index (Phi) is 2.09. The number of nitrogens with zero attached hydrogens (tertiary/aromatic N) is 1. The maximum absolute atomic E-state index is 11.5. The van der Waals surface area contributed by atoms with Crippen molar-refractivity contribution in [3.63, 3.8) is 0 Å². The van der Waals surface area contributed by atoms with Crippen molar-refractivity contribution in [3.05, 3.63) is 51.2 Å². The zero-order chi connectivity index (χ0) is 11.3. The third-order valence-electron chi connectivity index (χ3n) is 2.79. The van der Waals surface area contributed by atoms with E-state index in [1.54, 1.807) is 23.1 Å². The van der Waals surface area contributed by atoms with Gasteiger partial charge in [0, 0.05) is 21.8 Å². The highest BCUT2D eigenvalue weighted by molar-refractivity contribution is 6.35. The van der Waals surface area contributed by atoms with Crippen LogP contribution < -0.4 is 0 Å². The van der Waals surface area contributed by atoms with Crippen molar-refractivity contribution in [3.8, 4) is 0 Å². The number of fused-ring (bicyclic) bond motifs is 2. The van der Waals surface area contributed by atoms with Gasteiger partial charge in [0.2, 0.25) is 0 Å². The van der Waals surface area contributed by atoms with Gasteiger partial charge in [-0.15, -0.1) is 0 Å². The summed E-state index contributed by atoms with van der Waals surface area (Å²) in [4.78, 5) is 13.2. The molecular weight excluding hydrogens is 245 g/mol. The van der Waals surface area contributed by atoms with Crippen LogP contribution in [0.1, 0.15) is 11.1 Å². The molecule has 2 aliphatic rings. The highest BCUT2D eigenvalue weighted by Gasteiger charge is 2.26. The monoisotopic (exact) mass is 251 g/mol. The minimum Gasteiger partial charge on any atom is -0.304 e. The molecule has 0 radical (unpaired) electrons. The predicted octanol–water partition coefficient (Wildman–Crippen LogP) is 3.25. The number of hydrogen-bond donors (Lipinski definition) is 0. The van der Waals surface area contributed by atoms with Crippen molar-refractivity contribution in [2.75, 3.05) is 0 Å². The quantitative estimate of drug-likeness (QED) is 0.694. The highest BCUT2D eigenvalue weighted by Crippen LogP contribution is 2.34. The zero-order valence-corrected chi connectivity index (χ0v) is 9.72. The van der Waals surface area contributed by atoms with Gasteiger partial charge >= 0.3 is 0 Å². The lowest BCUT2D eigenvalue weighted by Gasteiger charge is -2.25. The molecule has 0 aliphatic carbocycles. The van der Waals surface area contributed by atoms with Gasteiger partial charge < -0.3 is 4.90 Å². The van der Waals surface area contributed by atoms with Crippen LogP contribution in [-0.2, 0) is 11.3 Å². The second-order valence-electron chi connectivity index (χ2n) is 3.78. The Balaban J connectivity index is 2.19. The molecule has 1 amide bonds. The van der Waals surface area contributed by atoms with Crippen molar-refractivity contribution in [2.45, 2.75) is 6.54 Å². The smallest absolute Gasteiger partial charge is 0.251 e. The van der Waals surface area contributed by atoms with Crippen LogP contribution in [0.5, 0.6) is 0 Å². The Hall–Kier alpha value is -1.25. The second-order valence-corrected chi connectivity index (χ2v) is 4.63. The normalized spacial score (nSPS) is 17.2. The molecule has 16 heavy (non-hydrogen) atoms. The van der Waals surface area contributed by atoms with Crippen molar-refractivity contribution >= 4 is 35.2 Å². The van der Waals surface area contributed by atoms with E-state index in [0.29, 0.717) is 16.6 Å². The number of carbonyl (C=O) groups is 1. The Bertz CT molecular complexity index is 560. The van der Waals surface area contributed by atoms with Crippen LogP contribution in [0.4, 0.5) is 0 Å². The summed E-state index contributed by atoms with van der Waals surface area (Å²) in [5.74, 6) is 0.00270. The van der Waals surface area contributed by atoms with Crippen LogP contribution in [0.15, 0.2) is 30.0 Å². The van der Waals surface area contributed by atoms with Crippen molar-refractivity contribution < 1.29 is 4.79 Å².